The Morgan fingerprint density at radius 2 is 2.12 bits per heavy atom. The Labute approximate surface area is 149 Å². The standard InChI is InChI=1S/C18H14N4O2S/c1-2-24-18(23)14-6-7-21-17(8-14)25-16-5-3-4-15(9-16)22-12-13(10-19)11-20/h3-9,12,22H,2H2,1H3. The maximum absolute atomic E-state index is 11.8. The van der Waals surface area contributed by atoms with Crippen molar-refractivity contribution in [2.45, 2.75) is 16.8 Å². The molecule has 0 saturated carbocycles. The zero-order valence-corrected chi connectivity index (χ0v) is 14.2. The molecule has 0 aliphatic rings. The number of hydrogen-bond donors (Lipinski definition) is 1. The van der Waals surface area contributed by atoms with Crippen molar-refractivity contribution in [1.82, 2.24) is 4.98 Å². The van der Waals surface area contributed by atoms with Gasteiger partial charge in [-0.15, -0.1) is 0 Å². The first-order chi connectivity index (χ1) is 12.2. The highest BCUT2D eigenvalue weighted by Crippen LogP contribution is 2.28. The number of nitrogens with zero attached hydrogens (tertiary/aromatic N) is 3. The van der Waals surface area contributed by atoms with Crippen LogP contribution in [0.5, 0.6) is 0 Å². The molecule has 0 bridgehead atoms. The molecule has 2 rings (SSSR count). The van der Waals surface area contributed by atoms with E-state index in [1.165, 1.54) is 18.0 Å². The number of rotatable bonds is 6. The maximum atomic E-state index is 11.8. The number of anilines is 1. The van der Waals surface area contributed by atoms with Crippen LogP contribution in [0.25, 0.3) is 0 Å². The van der Waals surface area contributed by atoms with Crippen molar-refractivity contribution < 1.29 is 9.53 Å². The van der Waals surface area contributed by atoms with Gasteiger partial charge in [0.2, 0.25) is 0 Å². The monoisotopic (exact) mass is 350 g/mol. The number of ether oxygens (including phenoxy) is 1. The third-order valence-electron chi connectivity index (χ3n) is 2.93. The number of carbonyl (C=O) groups is 1. The van der Waals surface area contributed by atoms with Gasteiger partial charge < -0.3 is 10.1 Å². The van der Waals surface area contributed by atoms with Gasteiger partial charge in [-0.1, -0.05) is 17.8 Å². The Bertz CT molecular complexity index is 865. The largest absolute Gasteiger partial charge is 0.462 e. The SMILES string of the molecule is CCOC(=O)c1ccnc(Sc2cccc(NC=C(C#N)C#N)c2)c1. The molecule has 1 N–H and O–H groups in total. The number of aromatic nitrogens is 1. The van der Waals surface area contributed by atoms with Gasteiger partial charge in [-0.2, -0.15) is 10.5 Å². The first-order valence-electron chi connectivity index (χ1n) is 7.34. The highest BCUT2D eigenvalue weighted by atomic mass is 32.2. The summed E-state index contributed by atoms with van der Waals surface area (Å²) in [6, 6.07) is 14.2. The Balaban J connectivity index is 2.14. The molecule has 0 unspecified atom stereocenters. The van der Waals surface area contributed by atoms with Crippen LogP contribution >= 0.6 is 11.8 Å². The molecular formula is C18H14N4O2S. The number of hydrogen-bond acceptors (Lipinski definition) is 7. The van der Waals surface area contributed by atoms with Gasteiger partial charge in [-0.25, -0.2) is 9.78 Å². The molecule has 0 radical (unpaired) electrons. The molecule has 6 nitrogen and oxygen atoms in total. The quantitative estimate of drug-likeness (QED) is 0.625. The fourth-order valence-corrected chi connectivity index (χ4v) is 2.70. The van der Waals surface area contributed by atoms with E-state index in [9.17, 15) is 4.79 Å². The minimum absolute atomic E-state index is 0.0122. The van der Waals surface area contributed by atoms with E-state index in [1.54, 1.807) is 37.4 Å². The zero-order valence-electron chi connectivity index (χ0n) is 13.4. The first kappa shape index (κ1) is 18.1. The van der Waals surface area contributed by atoms with Crippen molar-refractivity contribution in [2.75, 3.05) is 11.9 Å². The summed E-state index contributed by atoms with van der Waals surface area (Å²) in [5.41, 5.74) is 1.17. The van der Waals surface area contributed by atoms with Crippen LogP contribution in [0.4, 0.5) is 5.69 Å². The van der Waals surface area contributed by atoms with Crippen LogP contribution in [-0.2, 0) is 4.74 Å². The van der Waals surface area contributed by atoms with Crippen LogP contribution in [0, 0.1) is 22.7 Å². The van der Waals surface area contributed by atoms with Crippen molar-refractivity contribution in [3.05, 3.63) is 59.9 Å². The van der Waals surface area contributed by atoms with Crippen LogP contribution in [0.2, 0.25) is 0 Å². The van der Waals surface area contributed by atoms with E-state index in [0.29, 0.717) is 17.2 Å². The average molecular weight is 350 g/mol. The summed E-state index contributed by atoms with van der Waals surface area (Å²) in [4.78, 5) is 16.9. The number of benzene rings is 1. The van der Waals surface area contributed by atoms with Gasteiger partial charge in [0.25, 0.3) is 0 Å². The second-order valence-corrected chi connectivity index (χ2v) is 5.75. The molecule has 0 amide bonds. The van der Waals surface area contributed by atoms with Crippen molar-refractivity contribution >= 4 is 23.4 Å². The van der Waals surface area contributed by atoms with Crippen LogP contribution in [-0.4, -0.2) is 17.6 Å². The second kappa shape index (κ2) is 9.11. The molecule has 1 aromatic carbocycles. The third-order valence-corrected chi connectivity index (χ3v) is 3.85. The molecule has 124 valence electrons. The van der Waals surface area contributed by atoms with Crippen LogP contribution in [0.15, 0.2) is 64.3 Å². The predicted octanol–water partition coefficient (Wildman–Crippen LogP) is 3.75. The van der Waals surface area contributed by atoms with Gasteiger partial charge in [0.15, 0.2) is 0 Å². The molecule has 0 spiro atoms. The Hall–Kier alpha value is -3.29. The van der Waals surface area contributed by atoms with Gasteiger partial charge in [0.1, 0.15) is 22.7 Å². The van der Waals surface area contributed by atoms with Crippen LogP contribution < -0.4 is 5.32 Å². The van der Waals surface area contributed by atoms with E-state index in [2.05, 4.69) is 10.3 Å². The highest BCUT2D eigenvalue weighted by molar-refractivity contribution is 7.99. The molecule has 1 aromatic heterocycles. The summed E-state index contributed by atoms with van der Waals surface area (Å²) in [5, 5.41) is 21.0. The molecule has 0 aliphatic carbocycles. The molecule has 25 heavy (non-hydrogen) atoms. The Morgan fingerprint density at radius 3 is 2.84 bits per heavy atom. The number of allylic oxidation sites excluding steroid dienone is 1. The fraction of sp³-hybridized carbons (Fsp3) is 0.111. The van der Waals surface area contributed by atoms with E-state index in [1.807, 2.05) is 24.3 Å². The van der Waals surface area contributed by atoms with Gasteiger partial charge in [-0.3, -0.25) is 0 Å². The lowest BCUT2D eigenvalue weighted by molar-refractivity contribution is 0.0526. The molecule has 0 atom stereocenters. The van der Waals surface area contributed by atoms with E-state index in [-0.39, 0.29) is 11.5 Å². The van der Waals surface area contributed by atoms with Crippen molar-refractivity contribution in [3.8, 4) is 12.1 Å². The Morgan fingerprint density at radius 1 is 1.32 bits per heavy atom. The third kappa shape index (κ3) is 5.38. The molecule has 7 heteroatoms. The first-order valence-corrected chi connectivity index (χ1v) is 8.16. The van der Waals surface area contributed by atoms with Gasteiger partial charge in [0, 0.05) is 23.0 Å². The number of nitriles is 2. The molecule has 0 saturated heterocycles. The predicted molar refractivity (Wildman–Crippen MR) is 93.7 cm³/mol. The Kier molecular flexibility index (Phi) is 6.58. The van der Waals surface area contributed by atoms with Crippen LogP contribution in [0.3, 0.4) is 0 Å². The van der Waals surface area contributed by atoms with Gasteiger partial charge >= 0.3 is 5.97 Å². The molecule has 0 fully saturated rings. The van der Waals surface area contributed by atoms with Crippen LogP contribution in [0.1, 0.15) is 17.3 Å². The summed E-state index contributed by atoms with van der Waals surface area (Å²) >= 11 is 1.39. The topological polar surface area (TPSA) is 98.8 Å². The lowest BCUT2D eigenvalue weighted by atomic mass is 10.3. The normalized spacial score (nSPS) is 9.40. The molecule has 1 heterocycles. The molecule has 0 aliphatic heterocycles. The molecule has 2 aromatic rings. The summed E-state index contributed by atoms with van der Waals surface area (Å²) in [7, 11) is 0. The van der Waals surface area contributed by atoms with Crippen molar-refractivity contribution in [2.24, 2.45) is 0 Å². The highest BCUT2D eigenvalue weighted by Gasteiger charge is 2.08. The zero-order chi connectivity index (χ0) is 18.1. The maximum Gasteiger partial charge on any atom is 0.338 e. The minimum Gasteiger partial charge on any atom is -0.462 e. The number of pyridine rings is 1. The summed E-state index contributed by atoms with van der Waals surface area (Å²) in [6.45, 7) is 2.07. The summed E-state index contributed by atoms with van der Waals surface area (Å²) < 4.78 is 4.98. The minimum atomic E-state index is -0.382. The van der Waals surface area contributed by atoms with Gasteiger partial charge in [-0.05, 0) is 37.3 Å². The fourth-order valence-electron chi connectivity index (χ4n) is 1.82. The lowest BCUT2D eigenvalue weighted by Crippen LogP contribution is -2.04. The average Bonchev–Trinajstić information content (AvgIpc) is 2.63. The lowest BCUT2D eigenvalue weighted by Gasteiger charge is -2.06. The smallest absolute Gasteiger partial charge is 0.338 e. The van der Waals surface area contributed by atoms with Crippen molar-refractivity contribution in [1.29, 1.82) is 10.5 Å². The number of esters is 1. The molecular weight excluding hydrogens is 336 g/mol. The van der Waals surface area contributed by atoms with E-state index in [4.69, 9.17) is 15.3 Å². The number of carbonyl (C=O) groups excluding carboxylic acids is 1. The summed E-state index contributed by atoms with van der Waals surface area (Å²) in [6.07, 6.45) is 2.91. The van der Waals surface area contributed by atoms with E-state index >= 15 is 0 Å². The van der Waals surface area contributed by atoms with Crippen molar-refractivity contribution in [3.63, 3.8) is 0 Å². The summed E-state index contributed by atoms with van der Waals surface area (Å²) in [5.74, 6) is -0.382. The second-order valence-electron chi connectivity index (χ2n) is 4.66. The van der Waals surface area contributed by atoms with Gasteiger partial charge in [0.05, 0.1) is 12.2 Å². The van der Waals surface area contributed by atoms with E-state index in [0.717, 1.165) is 10.6 Å². The van der Waals surface area contributed by atoms with E-state index < -0.39 is 0 Å². The number of nitrogens with one attached hydrogen (secondary N) is 1.